The first-order valence-corrected chi connectivity index (χ1v) is 9.31. The van der Waals surface area contributed by atoms with Crippen LogP contribution in [0.25, 0.3) is 0 Å². The molecular weight excluding hydrogens is 342 g/mol. The highest BCUT2D eigenvalue weighted by Crippen LogP contribution is 2.31. The minimum Gasteiger partial charge on any atom is -0.366 e. The summed E-state index contributed by atoms with van der Waals surface area (Å²) in [4.78, 5) is 25.6. The van der Waals surface area contributed by atoms with Gasteiger partial charge in [-0.05, 0) is 43.9 Å². The third-order valence-electron chi connectivity index (χ3n) is 5.30. The molecule has 0 radical (unpaired) electrons. The average molecular weight is 367 g/mol. The molecule has 0 spiro atoms. The summed E-state index contributed by atoms with van der Waals surface area (Å²) in [5.74, 6) is 0.00320. The van der Waals surface area contributed by atoms with Crippen molar-refractivity contribution in [2.24, 2.45) is 5.92 Å². The van der Waals surface area contributed by atoms with Crippen LogP contribution in [0, 0.1) is 23.0 Å². The van der Waals surface area contributed by atoms with Crippen molar-refractivity contribution in [2.75, 3.05) is 18.0 Å². The number of carbonyl (C=O) groups excluding carboxylic acids is 1. The van der Waals surface area contributed by atoms with Gasteiger partial charge in [-0.1, -0.05) is 36.4 Å². The molecule has 2 aromatic rings. The number of nitrogens with zero attached hydrogens (tertiary/aromatic N) is 2. The third-order valence-corrected chi connectivity index (χ3v) is 5.30. The average Bonchev–Trinajstić information content (AvgIpc) is 2.68. The van der Waals surface area contributed by atoms with Gasteiger partial charge in [-0.2, -0.15) is 0 Å². The van der Waals surface area contributed by atoms with Crippen LogP contribution in [0.2, 0.25) is 0 Å². The Morgan fingerprint density at radius 2 is 1.78 bits per heavy atom. The second-order valence-electron chi connectivity index (χ2n) is 7.09. The van der Waals surface area contributed by atoms with E-state index in [4.69, 9.17) is 0 Å². The van der Waals surface area contributed by atoms with Gasteiger partial charge in [0, 0.05) is 25.1 Å². The lowest BCUT2D eigenvalue weighted by atomic mass is 9.94. The molecular formula is C21H25N3O3. The fraction of sp³-hybridized carbons (Fsp3) is 0.381. The molecule has 0 aromatic heterocycles. The normalized spacial score (nSPS) is 16.0. The smallest absolute Gasteiger partial charge is 0.292 e. The maximum absolute atomic E-state index is 12.7. The Hall–Kier alpha value is -2.89. The number of piperidine rings is 1. The Bertz CT molecular complexity index is 829. The summed E-state index contributed by atoms with van der Waals surface area (Å²) in [6.45, 7) is 5.33. The lowest BCUT2D eigenvalue weighted by molar-refractivity contribution is -0.384. The van der Waals surface area contributed by atoms with E-state index in [-0.39, 0.29) is 28.5 Å². The molecule has 0 saturated carbocycles. The molecule has 0 aliphatic carbocycles. The van der Waals surface area contributed by atoms with Crippen LogP contribution in [-0.4, -0.2) is 23.9 Å². The summed E-state index contributed by atoms with van der Waals surface area (Å²) in [5.41, 5.74) is 3.04. The molecule has 2 aromatic carbocycles. The van der Waals surface area contributed by atoms with E-state index < -0.39 is 0 Å². The van der Waals surface area contributed by atoms with E-state index in [2.05, 4.69) is 5.32 Å². The molecule has 1 saturated heterocycles. The Morgan fingerprint density at radius 3 is 2.44 bits per heavy atom. The Balaban J connectivity index is 1.60. The first kappa shape index (κ1) is 18.9. The van der Waals surface area contributed by atoms with Crippen LogP contribution >= 0.6 is 0 Å². The second-order valence-corrected chi connectivity index (χ2v) is 7.09. The van der Waals surface area contributed by atoms with E-state index in [9.17, 15) is 14.9 Å². The summed E-state index contributed by atoms with van der Waals surface area (Å²) < 4.78 is 0. The summed E-state index contributed by atoms with van der Waals surface area (Å²) in [6, 6.07) is 14.8. The summed E-state index contributed by atoms with van der Waals surface area (Å²) >= 11 is 0. The van der Waals surface area contributed by atoms with Crippen LogP contribution in [-0.2, 0) is 4.79 Å². The zero-order valence-electron chi connectivity index (χ0n) is 15.7. The predicted octanol–water partition coefficient (Wildman–Crippen LogP) is 4.00. The van der Waals surface area contributed by atoms with Gasteiger partial charge in [0.15, 0.2) is 0 Å². The van der Waals surface area contributed by atoms with Crippen molar-refractivity contribution >= 4 is 17.3 Å². The van der Waals surface area contributed by atoms with Crippen LogP contribution in [0.5, 0.6) is 0 Å². The van der Waals surface area contributed by atoms with Gasteiger partial charge in [-0.3, -0.25) is 14.9 Å². The van der Waals surface area contributed by atoms with Gasteiger partial charge in [-0.15, -0.1) is 0 Å². The second kappa shape index (κ2) is 8.20. The summed E-state index contributed by atoms with van der Waals surface area (Å²) in [7, 11) is 0. The fourth-order valence-electron chi connectivity index (χ4n) is 3.75. The van der Waals surface area contributed by atoms with Gasteiger partial charge >= 0.3 is 0 Å². The highest BCUT2D eigenvalue weighted by molar-refractivity contribution is 5.79. The van der Waals surface area contributed by atoms with E-state index >= 15 is 0 Å². The zero-order chi connectivity index (χ0) is 19.4. The van der Waals surface area contributed by atoms with Crippen LogP contribution in [0.1, 0.15) is 36.9 Å². The molecule has 6 heteroatoms. The predicted molar refractivity (Wildman–Crippen MR) is 106 cm³/mol. The van der Waals surface area contributed by atoms with Crippen molar-refractivity contribution in [1.29, 1.82) is 0 Å². The monoisotopic (exact) mass is 367 g/mol. The number of nitro groups is 1. The number of hydrogen-bond acceptors (Lipinski definition) is 4. The van der Waals surface area contributed by atoms with E-state index in [1.54, 1.807) is 12.1 Å². The van der Waals surface area contributed by atoms with Gasteiger partial charge in [0.25, 0.3) is 5.69 Å². The van der Waals surface area contributed by atoms with E-state index in [0.29, 0.717) is 31.6 Å². The number of hydrogen-bond donors (Lipinski definition) is 1. The molecule has 1 atom stereocenters. The van der Waals surface area contributed by atoms with Crippen molar-refractivity contribution in [3.05, 3.63) is 69.8 Å². The number of aryl methyl sites for hydroxylation is 1. The maximum atomic E-state index is 12.7. The van der Waals surface area contributed by atoms with Crippen LogP contribution in [0.3, 0.4) is 0 Å². The van der Waals surface area contributed by atoms with E-state index in [0.717, 1.165) is 11.1 Å². The number of anilines is 1. The van der Waals surface area contributed by atoms with Crippen molar-refractivity contribution < 1.29 is 9.72 Å². The van der Waals surface area contributed by atoms with Gasteiger partial charge in [0.2, 0.25) is 5.91 Å². The SMILES string of the molecule is Cc1ccccc1[C@@H](C)NC(=O)C1CCN(c2ccccc2[N+](=O)[O-])CC1. The molecule has 3 rings (SSSR count). The first-order chi connectivity index (χ1) is 13.0. The Kier molecular flexibility index (Phi) is 5.74. The molecule has 1 N–H and O–H groups in total. The topological polar surface area (TPSA) is 75.5 Å². The molecule has 6 nitrogen and oxygen atoms in total. The minimum atomic E-state index is -0.349. The molecule has 27 heavy (non-hydrogen) atoms. The summed E-state index contributed by atoms with van der Waals surface area (Å²) in [6.07, 6.45) is 1.39. The Morgan fingerprint density at radius 1 is 1.15 bits per heavy atom. The minimum absolute atomic E-state index is 0.0352. The van der Waals surface area contributed by atoms with Gasteiger partial charge in [0.05, 0.1) is 11.0 Å². The Labute approximate surface area is 159 Å². The van der Waals surface area contributed by atoms with Crippen LogP contribution in [0.15, 0.2) is 48.5 Å². The van der Waals surface area contributed by atoms with E-state index in [1.165, 1.54) is 6.07 Å². The molecule has 1 fully saturated rings. The number of para-hydroxylation sites is 2. The zero-order valence-corrected chi connectivity index (χ0v) is 15.7. The first-order valence-electron chi connectivity index (χ1n) is 9.31. The van der Waals surface area contributed by atoms with Crippen LogP contribution in [0.4, 0.5) is 11.4 Å². The van der Waals surface area contributed by atoms with Crippen LogP contribution < -0.4 is 10.2 Å². The van der Waals surface area contributed by atoms with Crippen molar-refractivity contribution in [1.82, 2.24) is 5.32 Å². The third kappa shape index (κ3) is 4.27. The highest BCUT2D eigenvalue weighted by Gasteiger charge is 2.28. The number of rotatable bonds is 5. The number of amides is 1. The number of nitro benzene ring substituents is 1. The fourth-order valence-corrected chi connectivity index (χ4v) is 3.75. The molecule has 0 unspecified atom stereocenters. The lowest BCUT2D eigenvalue weighted by Crippen LogP contribution is -2.41. The number of carbonyl (C=O) groups is 1. The largest absolute Gasteiger partial charge is 0.366 e. The van der Waals surface area contributed by atoms with Gasteiger partial charge in [0.1, 0.15) is 5.69 Å². The standard InChI is InChI=1S/C21H25N3O3/c1-15-7-3-4-8-18(15)16(2)22-21(25)17-11-13-23(14-12-17)19-9-5-6-10-20(19)24(26)27/h3-10,16-17H,11-14H2,1-2H3,(H,22,25)/t16-/m1/s1. The maximum Gasteiger partial charge on any atom is 0.292 e. The molecule has 1 amide bonds. The van der Waals surface area contributed by atoms with Gasteiger partial charge in [-0.25, -0.2) is 0 Å². The van der Waals surface area contributed by atoms with Crippen molar-refractivity contribution in [3.63, 3.8) is 0 Å². The van der Waals surface area contributed by atoms with E-state index in [1.807, 2.05) is 49.1 Å². The summed E-state index contributed by atoms with van der Waals surface area (Å²) in [5, 5.41) is 14.4. The number of nitrogens with one attached hydrogen (secondary N) is 1. The molecule has 1 heterocycles. The van der Waals surface area contributed by atoms with Gasteiger partial charge < -0.3 is 10.2 Å². The molecule has 1 aliphatic rings. The van der Waals surface area contributed by atoms with Crippen molar-refractivity contribution in [2.45, 2.75) is 32.7 Å². The van der Waals surface area contributed by atoms with Crippen molar-refractivity contribution in [3.8, 4) is 0 Å². The molecule has 1 aliphatic heterocycles. The number of benzene rings is 2. The molecule has 142 valence electrons. The quantitative estimate of drug-likeness (QED) is 0.640. The molecule has 0 bridgehead atoms. The highest BCUT2D eigenvalue weighted by atomic mass is 16.6. The lowest BCUT2D eigenvalue weighted by Gasteiger charge is -2.33.